The molecule has 5 rings (SSSR count). The molecule has 3 heterocycles. The number of halogens is 2. The molecule has 2 aromatic heterocycles. The van der Waals surface area contributed by atoms with E-state index in [4.69, 9.17) is 23.1 Å². The molecule has 0 saturated carbocycles. The topological polar surface area (TPSA) is 156 Å². The van der Waals surface area contributed by atoms with E-state index < -0.39 is 17.5 Å². The highest BCUT2D eigenvalue weighted by atomic mass is 35.5. The smallest absolute Gasteiger partial charge is 0.354 e. The first kappa shape index (κ1) is 33.3. The molecule has 0 spiro atoms. The summed E-state index contributed by atoms with van der Waals surface area (Å²) in [7, 11) is 0. The SMILES string of the molecule is CC(N)=NCCC1CCCC(c2ccc(-n3cc4cc(-c5cc(CCCC(C)N)cc(Cl)c5F)[nH]c4nc3=O)cc2)N1CC(=O)O. The first-order chi connectivity index (χ1) is 22.0. The van der Waals surface area contributed by atoms with Gasteiger partial charge in [0.2, 0.25) is 0 Å². The number of rotatable bonds is 12. The lowest BCUT2D eigenvalue weighted by atomic mass is 9.89. The average Bonchev–Trinajstić information content (AvgIpc) is 3.41. The predicted molar refractivity (Wildman–Crippen MR) is 180 cm³/mol. The molecule has 4 aromatic rings. The number of aromatic amines is 1. The Morgan fingerprint density at radius 1 is 1.24 bits per heavy atom. The molecule has 6 N–H and O–H groups in total. The van der Waals surface area contributed by atoms with Crippen molar-refractivity contribution in [2.75, 3.05) is 13.1 Å². The van der Waals surface area contributed by atoms with Crippen LogP contribution in [0.2, 0.25) is 5.02 Å². The highest BCUT2D eigenvalue weighted by Gasteiger charge is 2.32. The first-order valence-corrected chi connectivity index (χ1v) is 16.1. The molecule has 1 aliphatic heterocycles. The minimum Gasteiger partial charge on any atom is -0.480 e. The molecule has 3 atom stereocenters. The van der Waals surface area contributed by atoms with Crippen molar-refractivity contribution in [2.24, 2.45) is 16.5 Å². The van der Waals surface area contributed by atoms with Gasteiger partial charge in [-0.05, 0) is 100 Å². The van der Waals surface area contributed by atoms with Crippen LogP contribution in [0.25, 0.3) is 28.0 Å². The lowest BCUT2D eigenvalue weighted by molar-refractivity contribution is -0.140. The number of aromatic nitrogens is 3. The summed E-state index contributed by atoms with van der Waals surface area (Å²) in [5.41, 5.74) is 14.7. The maximum atomic E-state index is 15.2. The fraction of sp³-hybridized carbons (Fsp3) is 0.412. The van der Waals surface area contributed by atoms with Crippen LogP contribution in [0.1, 0.15) is 69.5 Å². The number of aryl methyl sites for hydroxylation is 1. The van der Waals surface area contributed by atoms with Crippen LogP contribution in [0.4, 0.5) is 4.39 Å². The molecule has 10 nitrogen and oxygen atoms in total. The summed E-state index contributed by atoms with van der Waals surface area (Å²) < 4.78 is 16.6. The molecule has 2 aromatic carbocycles. The molecule has 46 heavy (non-hydrogen) atoms. The van der Waals surface area contributed by atoms with E-state index in [1.807, 2.05) is 36.1 Å². The van der Waals surface area contributed by atoms with Gasteiger partial charge in [-0.3, -0.25) is 19.3 Å². The van der Waals surface area contributed by atoms with Crippen LogP contribution in [-0.2, 0) is 11.2 Å². The first-order valence-electron chi connectivity index (χ1n) is 15.7. The van der Waals surface area contributed by atoms with Crippen molar-refractivity contribution in [1.29, 1.82) is 0 Å². The van der Waals surface area contributed by atoms with Gasteiger partial charge in [-0.1, -0.05) is 23.7 Å². The maximum Gasteiger partial charge on any atom is 0.354 e. The largest absolute Gasteiger partial charge is 0.480 e. The van der Waals surface area contributed by atoms with Gasteiger partial charge >= 0.3 is 11.7 Å². The zero-order valence-electron chi connectivity index (χ0n) is 26.2. The number of carbonyl (C=O) groups is 1. The number of piperidine rings is 1. The van der Waals surface area contributed by atoms with E-state index in [0.29, 0.717) is 46.8 Å². The van der Waals surface area contributed by atoms with Crippen molar-refractivity contribution >= 4 is 34.4 Å². The third kappa shape index (κ3) is 7.83. The number of carboxylic acids is 1. The molecule has 3 unspecified atom stereocenters. The van der Waals surface area contributed by atoms with Gasteiger partial charge in [0.25, 0.3) is 0 Å². The van der Waals surface area contributed by atoms with E-state index in [-0.39, 0.29) is 29.7 Å². The van der Waals surface area contributed by atoms with Gasteiger partial charge in [0, 0.05) is 41.8 Å². The number of nitrogens with one attached hydrogen (secondary N) is 1. The number of H-pyrrole nitrogens is 1. The fourth-order valence-corrected chi connectivity index (χ4v) is 6.62. The van der Waals surface area contributed by atoms with Gasteiger partial charge in [0.15, 0.2) is 5.82 Å². The summed E-state index contributed by atoms with van der Waals surface area (Å²) in [4.78, 5) is 38.6. The summed E-state index contributed by atoms with van der Waals surface area (Å²) >= 11 is 6.26. The number of nitrogens with two attached hydrogens (primary N) is 2. The lowest BCUT2D eigenvalue weighted by Crippen LogP contribution is -2.45. The minimum absolute atomic E-state index is 0.0324. The third-order valence-electron chi connectivity index (χ3n) is 8.59. The van der Waals surface area contributed by atoms with Crippen molar-refractivity contribution < 1.29 is 14.3 Å². The number of nitrogens with zero attached hydrogens (tertiary/aromatic N) is 4. The quantitative estimate of drug-likeness (QED) is 0.115. The molecule has 12 heteroatoms. The van der Waals surface area contributed by atoms with Crippen molar-refractivity contribution in [1.82, 2.24) is 19.4 Å². The van der Waals surface area contributed by atoms with Gasteiger partial charge in [-0.2, -0.15) is 4.98 Å². The van der Waals surface area contributed by atoms with Gasteiger partial charge < -0.3 is 21.6 Å². The molecule has 0 amide bonds. The highest BCUT2D eigenvalue weighted by molar-refractivity contribution is 6.31. The number of amidine groups is 1. The minimum atomic E-state index is -0.876. The summed E-state index contributed by atoms with van der Waals surface area (Å²) in [6.45, 7) is 4.18. The number of aliphatic imine (C=N–C) groups is 1. The van der Waals surface area contributed by atoms with Gasteiger partial charge in [-0.15, -0.1) is 0 Å². The molecule has 1 saturated heterocycles. The zero-order valence-corrected chi connectivity index (χ0v) is 26.9. The van der Waals surface area contributed by atoms with Crippen LogP contribution in [0, 0.1) is 5.82 Å². The van der Waals surface area contributed by atoms with Crippen LogP contribution in [-0.4, -0.2) is 61.5 Å². The van der Waals surface area contributed by atoms with Crippen molar-refractivity contribution in [3.8, 4) is 16.9 Å². The van der Waals surface area contributed by atoms with Gasteiger partial charge in [0.1, 0.15) is 5.65 Å². The predicted octanol–water partition coefficient (Wildman–Crippen LogP) is 5.59. The fourth-order valence-electron chi connectivity index (χ4n) is 6.38. The molecule has 1 fully saturated rings. The van der Waals surface area contributed by atoms with Crippen molar-refractivity contribution in [2.45, 2.75) is 76.9 Å². The summed E-state index contributed by atoms with van der Waals surface area (Å²) in [6, 6.07) is 12.8. The molecule has 0 aliphatic carbocycles. The second kappa shape index (κ2) is 14.6. The summed E-state index contributed by atoms with van der Waals surface area (Å²) in [5.74, 6) is -0.904. The van der Waals surface area contributed by atoms with Crippen molar-refractivity contribution in [3.63, 3.8) is 0 Å². The van der Waals surface area contributed by atoms with E-state index in [2.05, 4.69) is 15.0 Å². The Balaban J connectivity index is 1.40. The normalized spacial score (nSPS) is 18.2. The van der Waals surface area contributed by atoms with Gasteiger partial charge in [-0.25, -0.2) is 9.18 Å². The molecular weight excluding hydrogens is 609 g/mol. The van der Waals surface area contributed by atoms with E-state index in [1.54, 1.807) is 31.3 Å². The van der Waals surface area contributed by atoms with Crippen molar-refractivity contribution in [3.05, 3.63) is 81.1 Å². The molecule has 244 valence electrons. The van der Waals surface area contributed by atoms with Gasteiger partial charge in [0.05, 0.1) is 28.8 Å². The summed E-state index contributed by atoms with van der Waals surface area (Å²) in [6.07, 6.45) is 7.52. The Morgan fingerprint density at radius 3 is 2.70 bits per heavy atom. The van der Waals surface area contributed by atoms with Crippen LogP contribution in [0.5, 0.6) is 0 Å². The Labute approximate surface area is 272 Å². The van der Waals surface area contributed by atoms with E-state index in [1.165, 1.54) is 4.57 Å². The number of hydrogen-bond donors (Lipinski definition) is 4. The summed E-state index contributed by atoms with van der Waals surface area (Å²) in [5, 5.41) is 10.3. The van der Waals surface area contributed by atoms with E-state index in [9.17, 15) is 14.7 Å². The Bertz CT molecular complexity index is 1780. The number of hydrogen-bond acceptors (Lipinski definition) is 6. The molecule has 1 aliphatic rings. The molecule has 0 radical (unpaired) electrons. The second-order valence-corrected chi connectivity index (χ2v) is 12.7. The number of carboxylic acid groups (broad SMARTS) is 1. The van der Waals surface area contributed by atoms with E-state index in [0.717, 1.165) is 49.7 Å². The number of likely N-dealkylation sites (tertiary alicyclic amines) is 1. The molecular formula is C34H41ClFN7O3. The number of aliphatic carboxylic acids is 1. The maximum absolute atomic E-state index is 15.2. The Morgan fingerprint density at radius 2 is 2.00 bits per heavy atom. The Hall–Kier alpha value is -4.06. The van der Waals surface area contributed by atoms with E-state index >= 15 is 4.39 Å². The third-order valence-corrected chi connectivity index (χ3v) is 8.87. The molecule has 0 bridgehead atoms. The van der Waals surface area contributed by atoms with Crippen LogP contribution < -0.4 is 17.2 Å². The van der Waals surface area contributed by atoms with Crippen LogP contribution in [0.15, 0.2) is 58.4 Å². The average molecular weight is 650 g/mol. The monoisotopic (exact) mass is 649 g/mol. The van der Waals surface area contributed by atoms with Crippen LogP contribution in [0.3, 0.4) is 0 Å². The zero-order chi connectivity index (χ0) is 33.0. The number of fused-ring (bicyclic) bond motifs is 1. The lowest BCUT2D eigenvalue weighted by Gasteiger charge is -2.41. The highest BCUT2D eigenvalue weighted by Crippen LogP contribution is 2.36. The van der Waals surface area contributed by atoms with Crippen LogP contribution >= 0.6 is 11.6 Å². The number of benzene rings is 2. The Kier molecular flexibility index (Phi) is 10.6. The standard InChI is InChI=1S/C34H41ClFN7O3/c1-20(37)5-3-6-22-15-27(32(36)28(35)16-22)29-17-24-18-43(34(46)41-33(24)40-29)26-11-9-23(10-12-26)30-8-4-7-25(13-14-39-21(2)38)42(30)19-31(44)45/h9-12,15-18,20,25,30H,3-8,13-14,19,37H2,1-2H3,(H2,38,39)(H,44,45)(H,40,41,46). The second-order valence-electron chi connectivity index (χ2n) is 12.3.